The fourth-order valence-electron chi connectivity index (χ4n) is 4.60. The van der Waals surface area contributed by atoms with E-state index >= 15 is 0 Å². The van der Waals surface area contributed by atoms with Gasteiger partial charge < -0.3 is 9.51 Å². The minimum absolute atomic E-state index is 0.0895. The van der Waals surface area contributed by atoms with Crippen molar-refractivity contribution < 1.29 is 12.9 Å². The van der Waals surface area contributed by atoms with Gasteiger partial charge in [-0.25, -0.2) is 13.1 Å². The molecular formula is C24H24N4O4S. The summed E-state index contributed by atoms with van der Waals surface area (Å²) in [7, 11) is -3.86. The zero-order valence-corrected chi connectivity index (χ0v) is 19.2. The molecule has 0 spiro atoms. The van der Waals surface area contributed by atoms with Crippen LogP contribution in [0.25, 0.3) is 33.2 Å². The fourth-order valence-corrected chi connectivity index (χ4v) is 6.15. The van der Waals surface area contributed by atoms with E-state index in [1.54, 1.807) is 56.6 Å². The quantitative estimate of drug-likeness (QED) is 0.459. The molecule has 3 aromatic heterocycles. The van der Waals surface area contributed by atoms with Crippen LogP contribution in [0.5, 0.6) is 0 Å². The van der Waals surface area contributed by atoms with Crippen LogP contribution in [0.15, 0.2) is 56.9 Å². The number of hydrogen-bond donors (Lipinski definition) is 2. The lowest BCUT2D eigenvalue weighted by atomic mass is 10.0. The molecule has 0 saturated heterocycles. The molecule has 170 valence electrons. The van der Waals surface area contributed by atoms with E-state index in [0.29, 0.717) is 44.6 Å². The average molecular weight is 465 g/mol. The number of nitrogens with zero attached hydrogens (tertiary/aromatic N) is 2. The fraction of sp³-hybridized carbons (Fsp3) is 0.292. The molecule has 8 nitrogen and oxygen atoms in total. The summed E-state index contributed by atoms with van der Waals surface area (Å²) in [5.41, 5.74) is 3.06. The number of aryl methyl sites for hydroxylation is 2. The second kappa shape index (κ2) is 8.24. The van der Waals surface area contributed by atoms with Crippen LogP contribution in [0.3, 0.4) is 0 Å². The molecule has 0 amide bonds. The number of nitrogens with one attached hydrogen (secondary N) is 2. The Bertz CT molecular complexity index is 1480. The summed E-state index contributed by atoms with van der Waals surface area (Å²) >= 11 is 0. The van der Waals surface area contributed by atoms with E-state index in [0.717, 1.165) is 25.7 Å². The summed E-state index contributed by atoms with van der Waals surface area (Å²) in [4.78, 5) is 20.0. The summed E-state index contributed by atoms with van der Waals surface area (Å²) in [6.07, 6.45) is 6.85. The minimum Gasteiger partial charge on any atom is -0.361 e. The first-order chi connectivity index (χ1) is 15.8. The molecule has 33 heavy (non-hydrogen) atoms. The predicted molar refractivity (Wildman–Crippen MR) is 125 cm³/mol. The summed E-state index contributed by atoms with van der Waals surface area (Å²) in [6, 6.07) is 8.45. The molecule has 0 radical (unpaired) electrons. The molecule has 3 heterocycles. The molecule has 0 atom stereocenters. The maximum atomic E-state index is 13.6. The number of rotatable bonds is 5. The Balaban J connectivity index is 1.77. The van der Waals surface area contributed by atoms with Gasteiger partial charge in [0.05, 0.1) is 16.1 Å². The highest BCUT2D eigenvalue weighted by atomic mass is 32.2. The van der Waals surface area contributed by atoms with Gasteiger partial charge in [-0.3, -0.25) is 9.78 Å². The lowest BCUT2D eigenvalue weighted by Gasteiger charge is -2.16. The van der Waals surface area contributed by atoms with Crippen LogP contribution in [0.2, 0.25) is 0 Å². The maximum Gasteiger partial charge on any atom is 0.256 e. The van der Waals surface area contributed by atoms with Crippen molar-refractivity contribution in [3.05, 3.63) is 64.5 Å². The van der Waals surface area contributed by atoms with Gasteiger partial charge in [0.2, 0.25) is 10.0 Å². The highest BCUT2D eigenvalue weighted by Crippen LogP contribution is 2.34. The van der Waals surface area contributed by atoms with Crippen LogP contribution >= 0.6 is 0 Å². The largest absolute Gasteiger partial charge is 0.361 e. The molecule has 4 aromatic rings. The van der Waals surface area contributed by atoms with Crippen LogP contribution in [0, 0.1) is 13.8 Å². The number of aromatic nitrogens is 3. The average Bonchev–Trinajstić information content (AvgIpc) is 3.41. The molecular weight excluding hydrogens is 440 g/mol. The standard InChI is InChI=1S/C24H24N4O4S/c1-14-23(15(2)32-27-14)17-10-21-20(12-19(24(29)26-21)16-6-5-9-25-13-16)22(11-17)33(30,31)28-18-7-3-4-8-18/h5-6,9-13,18,28H,3-4,7-8H2,1-2H3,(H,26,29). The van der Waals surface area contributed by atoms with Crippen molar-refractivity contribution in [1.82, 2.24) is 19.8 Å². The van der Waals surface area contributed by atoms with E-state index in [2.05, 4.69) is 19.8 Å². The number of H-pyrrole nitrogens is 1. The zero-order chi connectivity index (χ0) is 23.2. The molecule has 5 rings (SSSR count). The number of sulfonamides is 1. The summed E-state index contributed by atoms with van der Waals surface area (Å²) in [5.74, 6) is 0.577. The Morgan fingerprint density at radius 3 is 2.58 bits per heavy atom. The predicted octanol–water partition coefficient (Wildman–Crippen LogP) is 4.08. The van der Waals surface area contributed by atoms with Crippen molar-refractivity contribution >= 4 is 20.9 Å². The van der Waals surface area contributed by atoms with Gasteiger partial charge >= 0.3 is 0 Å². The molecule has 2 N–H and O–H groups in total. The molecule has 1 aliphatic carbocycles. The van der Waals surface area contributed by atoms with Crippen molar-refractivity contribution in [1.29, 1.82) is 0 Å². The third-order valence-corrected chi connectivity index (χ3v) is 7.75. The number of pyridine rings is 2. The lowest BCUT2D eigenvalue weighted by Crippen LogP contribution is -2.32. The monoisotopic (exact) mass is 464 g/mol. The van der Waals surface area contributed by atoms with Crippen LogP contribution in [0.1, 0.15) is 37.1 Å². The molecule has 1 aromatic carbocycles. The van der Waals surface area contributed by atoms with E-state index in [-0.39, 0.29) is 16.5 Å². The Morgan fingerprint density at radius 2 is 1.91 bits per heavy atom. The van der Waals surface area contributed by atoms with Crippen LogP contribution in [0.4, 0.5) is 0 Å². The molecule has 1 saturated carbocycles. The SMILES string of the molecule is Cc1noc(C)c1-c1cc(S(=O)(=O)NC2CCCC2)c2cc(-c3cccnc3)c(=O)[nH]c2c1. The Labute approximate surface area is 191 Å². The molecule has 0 unspecified atom stereocenters. The zero-order valence-electron chi connectivity index (χ0n) is 18.4. The van der Waals surface area contributed by atoms with Gasteiger partial charge in [0.1, 0.15) is 5.76 Å². The van der Waals surface area contributed by atoms with Gasteiger partial charge in [0.15, 0.2) is 0 Å². The highest BCUT2D eigenvalue weighted by Gasteiger charge is 2.27. The molecule has 0 bridgehead atoms. The summed E-state index contributed by atoms with van der Waals surface area (Å²) < 4.78 is 35.3. The van der Waals surface area contributed by atoms with Crippen molar-refractivity contribution in [2.24, 2.45) is 0 Å². The minimum atomic E-state index is -3.86. The van der Waals surface area contributed by atoms with Crippen molar-refractivity contribution in [3.8, 4) is 22.3 Å². The van der Waals surface area contributed by atoms with Gasteiger partial charge in [0.25, 0.3) is 5.56 Å². The first kappa shape index (κ1) is 21.5. The van der Waals surface area contributed by atoms with E-state index in [1.165, 1.54) is 0 Å². The summed E-state index contributed by atoms with van der Waals surface area (Å²) in [6.45, 7) is 3.58. The molecule has 1 fully saturated rings. The maximum absolute atomic E-state index is 13.6. The third-order valence-electron chi connectivity index (χ3n) is 6.18. The van der Waals surface area contributed by atoms with E-state index in [4.69, 9.17) is 4.52 Å². The first-order valence-electron chi connectivity index (χ1n) is 10.9. The smallest absolute Gasteiger partial charge is 0.256 e. The Morgan fingerprint density at radius 1 is 1.12 bits per heavy atom. The second-order valence-electron chi connectivity index (χ2n) is 8.49. The normalized spacial score (nSPS) is 14.8. The van der Waals surface area contributed by atoms with Crippen molar-refractivity contribution in [2.75, 3.05) is 0 Å². The topological polar surface area (TPSA) is 118 Å². The second-order valence-corrected chi connectivity index (χ2v) is 10.2. The van der Waals surface area contributed by atoms with E-state index in [9.17, 15) is 13.2 Å². The van der Waals surface area contributed by atoms with Gasteiger partial charge in [-0.15, -0.1) is 0 Å². The molecule has 9 heteroatoms. The number of benzene rings is 1. The Kier molecular flexibility index (Phi) is 5.38. The van der Waals surface area contributed by atoms with Gasteiger partial charge in [-0.1, -0.05) is 24.1 Å². The van der Waals surface area contributed by atoms with Crippen LogP contribution < -0.4 is 10.3 Å². The molecule has 1 aliphatic rings. The van der Waals surface area contributed by atoms with Crippen LogP contribution in [-0.2, 0) is 10.0 Å². The third kappa shape index (κ3) is 3.98. The Hall–Kier alpha value is -3.30. The lowest BCUT2D eigenvalue weighted by molar-refractivity contribution is 0.393. The van der Waals surface area contributed by atoms with E-state index < -0.39 is 10.0 Å². The van der Waals surface area contributed by atoms with Crippen LogP contribution in [-0.4, -0.2) is 29.6 Å². The van der Waals surface area contributed by atoms with Gasteiger partial charge in [-0.05, 0) is 56.5 Å². The van der Waals surface area contributed by atoms with E-state index in [1.807, 2.05) is 0 Å². The highest BCUT2D eigenvalue weighted by molar-refractivity contribution is 7.89. The van der Waals surface area contributed by atoms with Crippen molar-refractivity contribution in [2.45, 2.75) is 50.5 Å². The van der Waals surface area contributed by atoms with Gasteiger partial charge in [0, 0.05) is 40.5 Å². The summed E-state index contributed by atoms with van der Waals surface area (Å²) in [5, 5.41) is 4.44. The number of hydrogen-bond acceptors (Lipinski definition) is 6. The number of fused-ring (bicyclic) bond motifs is 1. The van der Waals surface area contributed by atoms with Crippen molar-refractivity contribution in [3.63, 3.8) is 0 Å². The van der Waals surface area contributed by atoms with Gasteiger partial charge in [-0.2, -0.15) is 0 Å². The molecule has 0 aliphatic heterocycles. The first-order valence-corrected chi connectivity index (χ1v) is 12.4. The number of aromatic amines is 1.